The molecule has 0 heterocycles. The van der Waals surface area contributed by atoms with Crippen LogP contribution in [0.15, 0.2) is 30.3 Å². The summed E-state index contributed by atoms with van der Waals surface area (Å²) in [7, 11) is 0. The van der Waals surface area contributed by atoms with E-state index in [0.29, 0.717) is 0 Å². The Labute approximate surface area is 90.4 Å². The van der Waals surface area contributed by atoms with Crippen molar-refractivity contribution in [1.29, 1.82) is 0 Å². The van der Waals surface area contributed by atoms with Gasteiger partial charge in [0.1, 0.15) is 0 Å². The molecule has 0 radical (unpaired) electrons. The van der Waals surface area contributed by atoms with Gasteiger partial charge in [-0.15, -0.1) is 24.5 Å². The fourth-order valence-corrected chi connectivity index (χ4v) is 0.478. The molecule has 0 saturated heterocycles. The van der Waals surface area contributed by atoms with Crippen molar-refractivity contribution in [2.75, 3.05) is 0 Å². The SMILES string of the molecule is Cl.[CH2-]c1ccccc1.[Cl-].[Mg+2]. The zero-order valence-electron chi connectivity index (χ0n) is 5.59. The predicted molar refractivity (Wildman–Crippen MR) is 43.9 cm³/mol. The maximum Gasteiger partial charge on any atom is 2.00 e. The molecule has 0 aliphatic heterocycles. The van der Waals surface area contributed by atoms with Gasteiger partial charge in [-0.25, -0.2) is 0 Å². The first-order chi connectivity index (χ1) is 3.39. The third kappa shape index (κ3) is 6.55. The van der Waals surface area contributed by atoms with Gasteiger partial charge in [-0.1, -0.05) is 6.07 Å². The summed E-state index contributed by atoms with van der Waals surface area (Å²) in [6.45, 7) is 3.72. The number of benzene rings is 1. The van der Waals surface area contributed by atoms with Crippen LogP contribution >= 0.6 is 12.4 Å². The molecule has 1 rings (SSSR count). The van der Waals surface area contributed by atoms with Crippen molar-refractivity contribution in [3.05, 3.63) is 42.8 Å². The molecule has 1 aromatic carbocycles. The third-order valence-corrected chi connectivity index (χ3v) is 0.843. The van der Waals surface area contributed by atoms with Crippen LogP contribution in [0.3, 0.4) is 0 Å². The Morgan fingerprint density at radius 2 is 1.40 bits per heavy atom. The predicted octanol–water partition coefficient (Wildman–Crippen LogP) is -1.09. The molecule has 52 valence electrons. The average Bonchev–Trinajstić information content (AvgIpc) is 1.69. The molecule has 3 heteroatoms. The van der Waals surface area contributed by atoms with Gasteiger partial charge >= 0.3 is 23.1 Å². The summed E-state index contributed by atoms with van der Waals surface area (Å²) in [6.07, 6.45) is 0. The largest absolute Gasteiger partial charge is 2.00 e. The Balaban J connectivity index is -0.000000163. The van der Waals surface area contributed by atoms with Gasteiger partial charge in [-0.2, -0.15) is 24.6 Å². The van der Waals surface area contributed by atoms with Gasteiger partial charge in [0.2, 0.25) is 0 Å². The molecular weight excluding hydrogens is 179 g/mol. The first-order valence-corrected chi connectivity index (χ1v) is 2.26. The standard InChI is InChI=1S/C7H7.2ClH.Mg/c1-7-5-3-2-4-6-7;;;/h2-6H,1H2;2*1H;/q-1;;;+2/p-1. The quantitative estimate of drug-likeness (QED) is 0.358. The third-order valence-electron chi connectivity index (χ3n) is 0.843. The normalized spacial score (nSPS) is 6.00. The average molecular weight is 187 g/mol. The summed E-state index contributed by atoms with van der Waals surface area (Å²) < 4.78 is 0. The topological polar surface area (TPSA) is 0 Å². The monoisotopic (exact) mass is 186 g/mol. The van der Waals surface area contributed by atoms with E-state index in [4.69, 9.17) is 0 Å². The second-order valence-electron chi connectivity index (χ2n) is 1.49. The van der Waals surface area contributed by atoms with E-state index in [-0.39, 0.29) is 47.9 Å². The van der Waals surface area contributed by atoms with Gasteiger partial charge in [0, 0.05) is 0 Å². The van der Waals surface area contributed by atoms with Gasteiger partial charge in [0.15, 0.2) is 0 Å². The second-order valence-corrected chi connectivity index (χ2v) is 1.49. The molecule has 0 atom stereocenters. The van der Waals surface area contributed by atoms with E-state index in [1.807, 2.05) is 30.3 Å². The van der Waals surface area contributed by atoms with Crippen molar-refractivity contribution < 1.29 is 12.4 Å². The van der Waals surface area contributed by atoms with Crippen LogP contribution < -0.4 is 12.4 Å². The Kier molecular flexibility index (Phi) is 15.9. The van der Waals surface area contributed by atoms with Crippen molar-refractivity contribution in [1.82, 2.24) is 0 Å². The Morgan fingerprint density at radius 3 is 1.60 bits per heavy atom. The fourth-order valence-electron chi connectivity index (χ4n) is 0.478. The maximum atomic E-state index is 3.72. The number of rotatable bonds is 0. The van der Waals surface area contributed by atoms with Crippen LogP contribution in [0.5, 0.6) is 0 Å². The molecule has 0 aromatic heterocycles. The minimum Gasteiger partial charge on any atom is -1.00 e. The van der Waals surface area contributed by atoms with Gasteiger partial charge in [-0.05, 0) is 0 Å². The first-order valence-electron chi connectivity index (χ1n) is 2.26. The van der Waals surface area contributed by atoms with Gasteiger partial charge < -0.3 is 12.4 Å². The summed E-state index contributed by atoms with van der Waals surface area (Å²) in [5.41, 5.74) is 1.07. The Bertz CT molecular complexity index is 142. The van der Waals surface area contributed by atoms with Gasteiger partial charge in [-0.3, -0.25) is 0 Å². The van der Waals surface area contributed by atoms with Crippen molar-refractivity contribution >= 4 is 35.5 Å². The van der Waals surface area contributed by atoms with Gasteiger partial charge in [0.05, 0.1) is 0 Å². The molecule has 0 aliphatic rings. The number of hydrogen-bond donors (Lipinski definition) is 0. The zero-order chi connectivity index (χ0) is 5.11. The van der Waals surface area contributed by atoms with Crippen LogP contribution in [0.1, 0.15) is 5.56 Å². The second kappa shape index (κ2) is 9.44. The molecular formula is C7H8Cl2Mg. The molecule has 0 spiro atoms. The molecule has 10 heavy (non-hydrogen) atoms. The van der Waals surface area contributed by atoms with Crippen molar-refractivity contribution in [3.63, 3.8) is 0 Å². The van der Waals surface area contributed by atoms with E-state index in [1.54, 1.807) is 0 Å². The summed E-state index contributed by atoms with van der Waals surface area (Å²) in [5, 5.41) is 0. The van der Waals surface area contributed by atoms with E-state index < -0.39 is 0 Å². The summed E-state index contributed by atoms with van der Waals surface area (Å²) in [4.78, 5) is 0. The molecule has 0 unspecified atom stereocenters. The van der Waals surface area contributed by atoms with Crippen LogP contribution in [0.2, 0.25) is 0 Å². The van der Waals surface area contributed by atoms with Crippen LogP contribution in [-0.4, -0.2) is 23.1 Å². The van der Waals surface area contributed by atoms with E-state index in [9.17, 15) is 0 Å². The van der Waals surface area contributed by atoms with Crippen LogP contribution in [0.25, 0.3) is 0 Å². The molecule has 0 aliphatic carbocycles. The summed E-state index contributed by atoms with van der Waals surface area (Å²) in [5.74, 6) is 0. The zero-order valence-corrected chi connectivity index (χ0v) is 8.57. The molecule has 0 fully saturated rings. The van der Waals surface area contributed by atoms with Crippen molar-refractivity contribution in [2.45, 2.75) is 0 Å². The molecule has 0 bridgehead atoms. The van der Waals surface area contributed by atoms with Crippen LogP contribution in [0.4, 0.5) is 0 Å². The first kappa shape index (κ1) is 16.8. The Morgan fingerprint density at radius 1 is 1.00 bits per heavy atom. The molecule has 0 N–H and O–H groups in total. The minimum atomic E-state index is 0. The van der Waals surface area contributed by atoms with E-state index in [0.717, 1.165) is 5.56 Å². The number of hydrogen-bond acceptors (Lipinski definition) is 0. The Hall–Kier alpha value is 0.436. The molecule has 0 nitrogen and oxygen atoms in total. The molecule has 0 saturated carbocycles. The van der Waals surface area contributed by atoms with Gasteiger partial charge in [0.25, 0.3) is 0 Å². The molecule has 0 amide bonds. The fraction of sp³-hybridized carbons (Fsp3) is 0. The van der Waals surface area contributed by atoms with Crippen LogP contribution in [0, 0.1) is 6.92 Å². The van der Waals surface area contributed by atoms with E-state index in [2.05, 4.69) is 6.92 Å². The van der Waals surface area contributed by atoms with Crippen molar-refractivity contribution in [2.24, 2.45) is 0 Å². The number of halogens is 2. The van der Waals surface area contributed by atoms with Crippen molar-refractivity contribution in [3.8, 4) is 0 Å². The summed E-state index contributed by atoms with van der Waals surface area (Å²) in [6, 6.07) is 9.87. The maximum absolute atomic E-state index is 3.72. The van der Waals surface area contributed by atoms with E-state index in [1.165, 1.54) is 0 Å². The van der Waals surface area contributed by atoms with Crippen LogP contribution in [-0.2, 0) is 0 Å². The van der Waals surface area contributed by atoms with E-state index >= 15 is 0 Å². The minimum absolute atomic E-state index is 0. The smallest absolute Gasteiger partial charge is 1.00 e. The summed E-state index contributed by atoms with van der Waals surface area (Å²) >= 11 is 0. The molecule has 1 aromatic rings.